The molecule has 0 radical (unpaired) electrons. The molecule has 17 heavy (non-hydrogen) atoms. The molecule has 2 rings (SSSR count). The Hall–Kier alpha value is -1.06. The van der Waals surface area contributed by atoms with Crippen molar-refractivity contribution in [2.24, 2.45) is 0 Å². The Labute approximate surface area is 104 Å². The van der Waals surface area contributed by atoms with E-state index >= 15 is 0 Å². The first-order valence-electron chi connectivity index (χ1n) is 6.29. The highest BCUT2D eigenvalue weighted by molar-refractivity contribution is 5.43. The van der Waals surface area contributed by atoms with E-state index in [9.17, 15) is 0 Å². The van der Waals surface area contributed by atoms with Crippen LogP contribution in [0.25, 0.3) is 0 Å². The summed E-state index contributed by atoms with van der Waals surface area (Å²) < 4.78 is 5.50. The molecule has 0 aromatic heterocycles. The van der Waals surface area contributed by atoms with E-state index in [1.807, 2.05) is 0 Å². The third-order valence-electron chi connectivity index (χ3n) is 3.37. The Morgan fingerprint density at radius 3 is 2.76 bits per heavy atom. The lowest BCUT2D eigenvalue weighted by Crippen LogP contribution is -2.49. The van der Waals surface area contributed by atoms with Crippen molar-refractivity contribution in [3.8, 4) is 5.75 Å². The van der Waals surface area contributed by atoms with Crippen LogP contribution in [-0.2, 0) is 6.42 Å². The van der Waals surface area contributed by atoms with Gasteiger partial charge in [-0.2, -0.15) is 0 Å². The van der Waals surface area contributed by atoms with E-state index in [-0.39, 0.29) is 0 Å². The Kier molecular flexibility index (Phi) is 4.02. The maximum absolute atomic E-state index is 5.50. The second kappa shape index (κ2) is 5.52. The van der Waals surface area contributed by atoms with Crippen LogP contribution in [0.2, 0.25) is 0 Å². The van der Waals surface area contributed by atoms with Gasteiger partial charge in [-0.15, -0.1) is 0 Å². The summed E-state index contributed by atoms with van der Waals surface area (Å²) in [5, 5.41) is 6.96. The molecule has 0 spiro atoms. The Morgan fingerprint density at radius 1 is 1.29 bits per heavy atom. The fourth-order valence-electron chi connectivity index (χ4n) is 2.51. The summed E-state index contributed by atoms with van der Waals surface area (Å²) in [6.45, 7) is 7.44. The van der Waals surface area contributed by atoms with Gasteiger partial charge in [-0.3, -0.25) is 0 Å². The molecule has 1 fully saturated rings. The maximum atomic E-state index is 5.50. The lowest BCUT2D eigenvalue weighted by atomic mass is 9.97. The van der Waals surface area contributed by atoms with Gasteiger partial charge in [0.15, 0.2) is 0 Å². The number of nitrogens with one attached hydrogen (secondary N) is 2. The summed E-state index contributed by atoms with van der Waals surface area (Å²) in [7, 11) is 1.75. The van der Waals surface area contributed by atoms with Gasteiger partial charge < -0.3 is 15.4 Å². The zero-order chi connectivity index (χ0) is 12.3. The molecular formula is C14H22N2O. The number of aryl methyl sites for hydroxylation is 2. The van der Waals surface area contributed by atoms with Crippen molar-refractivity contribution in [1.29, 1.82) is 0 Å². The molecule has 1 aromatic carbocycles. The standard InChI is InChI=1S/C14H22N2O/c1-10-6-11(2)13(14(7-10)17-3)8-12-9-15-4-5-16-12/h6-7,12,15-16H,4-5,8-9H2,1-3H3. The van der Waals surface area contributed by atoms with E-state index in [0.29, 0.717) is 6.04 Å². The topological polar surface area (TPSA) is 33.3 Å². The number of methoxy groups -OCH3 is 1. The van der Waals surface area contributed by atoms with Crippen molar-refractivity contribution >= 4 is 0 Å². The molecule has 1 aliphatic heterocycles. The monoisotopic (exact) mass is 234 g/mol. The maximum Gasteiger partial charge on any atom is 0.122 e. The number of hydrogen-bond acceptors (Lipinski definition) is 3. The third-order valence-corrected chi connectivity index (χ3v) is 3.37. The second-order valence-corrected chi connectivity index (χ2v) is 4.82. The van der Waals surface area contributed by atoms with Gasteiger partial charge in [-0.1, -0.05) is 6.07 Å². The van der Waals surface area contributed by atoms with Crippen molar-refractivity contribution in [2.45, 2.75) is 26.3 Å². The summed E-state index contributed by atoms with van der Waals surface area (Å²) in [6, 6.07) is 4.87. The van der Waals surface area contributed by atoms with Crippen LogP contribution < -0.4 is 15.4 Å². The van der Waals surface area contributed by atoms with Crippen LogP contribution >= 0.6 is 0 Å². The highest BCUT2D eigenvalue weighted by Gasteiger charge is 2.16. The molecule has 1 unspecified atom stereocenters. The van der Waals surface area contributed by atoms with Gasteiger partial charge >= 0.3 is 0 Å². The fourth-order valence-corrected chi connectivity index (χ4v) is 2.51. The number of piperazine rings is 1. The molecule has 3 nitrogen and oxygen atoms in total. The number of benzene rings is 1. The molecule has 94 valence electrons. The van der Waals surface area contributed by atoms with Crippen LogP contribution in [0.15, 0.2) is 12.1 Å². The van der Waals surface area contributed by atoms with Crippen LogP contribution in [-0.4, -0.2) is 32.8 Å². The zero-order valence-electron chi connectivity index (χ0n) is 11.0. The van der Waals surface area contributed by atoms with Gasteiger partial charge in [0.05, 0.1) is 7.11 Å². The molecule has 2 N–H and O–H groups in total. The number of hydrogen-bond donors (Lipinski definition) is 2. The first-order chi connectivity index (χ1) is 8.20. The minimum Gasteiger partial charge on any atom is -0.496 e. The van der Waals surface area contributed by atoms with Crippen LogP contribution in [0.1, 0.15) is 16.7 Å². The van der Waals surface area contributed by atoms with E-state index in [1.54, 1.807) is 7.11 Å². The van der Waals surface area contributed by atoms with Crippen molar-refractivity contribution in [3.05, 3.63) is 28.8 Å². The van der Waals surface area contributed by atoms with Gasteiger partial charge in [0, 0.05) is 25.7 Å². The van der Waals surface area contributed by atoms with Gasteiger partial charge in [-0.25, -0.2) is 0 Å². The van der Waals surface area contributed by atoms with Gasteiger partial charge in [0.1, 0.15) is 5.75 Å². The minimum absolute atomic E-state index is 0.513. The molecule has 0 saturated carbocycles. The molecule has 0 aliphatic carbocycles. The van der Waals surface area contributed by atoms with Gasteiger partial charge in [-0.05, 0) is 43.0 Å². The minimum atomic E-state index is 0.513. The average Bonchev–Trinajstić information content (AvgIpc) is 2.33. The van der Waals surface area contributed by atoms with Crippen LogP contribution in [0, 0.1) is 13.8 Å². The normalized spacial score (nSPS) is 20.3. The van der Waals surface area contributed by atoms with Crippen LogP contribution in [0.5, 0.6) is 5.75 Å². The van der Waals surface area contributed by atoms with Crippen molar-refractivity contribution < 1.29 is 4.74 Å². The van der Waals surface area contributed by atoms with E-state index < -0.39 is 0 Å². The highest BCUT2D eigenvalue weighted by Crippen LogP contribution is 2.25. The molecular weight excluding hydrogens is 212 g/mol. The van der Waals surface area contributed by atoms with E-state index in [0.717, 1.165) is 31.8 Å². The summed E-state index contributed by atoms with van der Waals surface area (Å²) >= 11 is 0. The number of rotatable bonds is 3. The smallest absolute Gasteiger partial charge is 0.122 e. The molecule has 0 bridgehead atoms. The summed E-state index contributed by atoms with van der Waals surface area (Å²) in [5.74, 6) is 1.02. The molecule has 1 heterocycles. The molecule has 1 aliphatic rings. The third kappa shape index (κ3) is 2.99. The molecule has 3 heteroatoms. The lowest BCUT2D eigenvalue weighted by molar-refractivity contribution is 0.390. The molecule has 0 amide bonds. The molecule has 1 saturated heterocycles. The van der Waals surface area contributed by atoms with E-state index in [2.05, 4.69) is 36.6 Å². The Balaban J connectivity index is 2.18. The first-order valence-corrected chi connectivity index (χ1v) is 6.29. The van der Waals surface area contributed by atoms with Crippen LogP contribution in [0.4, 0.5) is 0 Å². The van der Waals surface area contributed by atoms with E-state index in [1.165, 1.54) is 16.7 Å². The van der Waals surface area contributed by atoms with Crippen molar-refractivity contribution in [3.63, 3.8) is 0 Å². The van der Waals surface area contributed by atoms with E-state index in [4.69, 9.17) is 4.74 Å². The second-order valence-electron chi connectivity index (χ2n) is 4.82. The van der Waals surface area contributed by atoms with Crippen LogP contribution in [0.3, 0.4) is 0 Å². The van der Waals surface area contributed by atoms with Crippen molar-refractivity contribution in [2.75, 3.05) is 26.7 Å². The quantitative estimate of drug-likeness (QED) is 0.830. The Bertz CT molecular complexity index is 384. The summed E-state index contributed by atoms with van der Waals surface area (Å²) in [5.41, 5.74) is 3.92. The largest absolute Gasteiger partial charge is 0.496 e. The Morgan fingerprint density at radius 2 is 2.12 bits per heavy atom. The zero-order valence-corrected chi connectivity index (χ0v) is 11.0. The SMILES string of the molecule is COc1cc(C)cc(C)c1CC1CNCCN1. The summed E-state index contributed by atoms with van der Waals surface area (Å²) in [4.78, 5) is 0. The first kappa shape index (κ1) is 12.4. The summed E-state index contributed by atoms with van der Waals surface area (Å²) in [6.07, 6.45) is 1.03. The average molecular weight is 234 g/mol. The molecule has 1 atom stereocenters. The highest BCUT2D eigenvalue weighted by atomic mass is 16.5. The lowest BCUT2D eigenvalue weighted by Gasteiger charge is -2.26. The van der Waals surface area contributed by atoms with Crippen molar-refractivity contribution in [1.82, 2.24) is 10.6 Å². The predicted octanol–water partition coefficient (Wildman–Crippen LogP) is 1.42. The van der Waals surface area contributed by atoms with Gasteiger partial charge in [0.25, 0.3) is 0 Å². The number of ether oxygens (including phenoxy) is 1. The predicted molar refractivity (Wildman–Crippen MR) is 70.8 cm³/mol. The van der Waals surface area contributed by atoms with Gasteiger partial charge in [0.2, 0.25) is 0 Å². The fraction of sp³-hybridized carbons (Fsp3) is 0.571. The molecule has 1 aromatic rings.